The number of nitrogens with one attached hydrogen (secondary N) is 1. The highest BCUT2D eigenvalue weighted by molar-refractivity contribution is 6.02. The van der Waals surface area contributed by atoms with Gasteiger partial charge in [-0.25, -0.2) is 0 Å². The van der Waals surface area contributed by atoms with Gasteiger partial charge in [-0.2, -0.15) is 0 Å². The van der Waals surface area contributed by atoms with Crippen LogP contribution in [0.2, 0.25) is 0 Å². The maximum Gasteiger partial charge on any atom is 0.248 e. The van der Waals surface area contributed by atoms with Gasteiger partial charge in [0.2, 0.25) is 5.91 Å². The maximum absolute atomic E-state index is 12.2. The number of anilines is 1. The fourth-order valence-electron chi connectivity index (χ4n) is 2.37. The molecule has 0 atom stereocenters. The van der Waals surface area contributed by atoms with Crippen molar-refractivity contribution in [3.05, 3.63) is 48.0 Å². The van der Waals surface area contributed by atoms with Crippen LogP contribution in [-0.2, 0) is 4.79 Å². The van der Waals surface area contributed by atoms with Gasteiger partial charge in [0.15, 0.2) is 11.5 Å². The van der Waals surface area contributed by atoms with Gasteiger partial charge in [0.25, 0.3) is 0 Å². The van der Waals surface area contributed by atoms with Crippen LogP contribution < -0.4 is 24.3 Å². The number of hydrogen-bond donors (Lipinski definition) is 1. The summed E-state index contributed by atoms with van der Waals surface area (Å²) in [4.78, 5) is 12.2. The van der Waals surface area contributed by atoms with Crippen molar-refractivity contribution in [2.75, 3.05) is 33.3 Å². The average Bonchev–Trinajstić information content (AvgIpc) is 2.71. The molecule has 2 aromatic rings. The number of carbonyl (C=O) groups excluding carboxylic acids is 1. The molecule has 0 bridgehead atoms. The lowest BCUT2D eigenvalue weighted by atomic mass is 10.2. The molecule has 0 saturated heterocycles. The quantitative estimate of drug-likeness (QED) is 0.671. The third-order valence-electron chi connectivity index (χ3n) is 3.74. The van der Waals surface area contributed by atoms with E-state index in [0.717, 1.165) is 12.0 Å². The fraction of sp³-hybridized carbons (Fsp3) is 0.286. The lowest BCUT2D eigenvalue weighted by Gasteiger charge is -2.11. The van der Waals surface area contributed by atoms with Crippen LogP contribution in [0.5, 0.6) is 23.0 Å². The first kappa shape index (κ1) is 20.2. The molecule has 0 heterocycles. The van der Waals surface area contributed by atoms with Crippen molar-refractivity contribution >= 4 is 17.7 Å². The predicted molar refractivity (Wildman–Crippen MR) is 106 cm³/mol. The molecule has 6 nitrogen and oxygen atoms in total. The Balaban J connectivity index is 2.08. The largest absolute Gasteiger partial charge is 0.497 e. The molecule has 1 amide bonds. The van der Waals surface area contributed by atoms with Crippen LogP contribution in [0.4, 0.5) is 5.69 Å². The van der Waals surface area contributed by atoms with Gasteiger partial charge in [-0.05, 0) is 42.3 Å². The molecule has 0 aromatic heterocycles. The number of ether oxygens (including phenoxy) is 4. The van der Waals surface area contributed by atoms with E-state index in [1.165, 1.54) is 13.2 Å². The number of carbonyl (C=O) groups is 1. The molecule has 2 aromatic carbocycles. The molecule has 144 valence electrons. The van der Waals surface area contributed by atoms with Gasteiger partial charge >= 0.3 is 0 Å². The van der Waals surface area contributed by atoms with Crippen molar-refractivity contribution in [2.24, 2.45) is 0 Å². The normalized spacial score (nSPS) is 10.5. The summed E-state index contributed by atoms with van der Waals surface area (Å²) in [6, 6.07) is 10.7. The van der Waals surface area contributed by atoms with Gasteiger partial charge in [0.1, 0.15) is 11.5 Å². The zero-order chi connectivity index (χ0) is 19.6. The van der Waals surface area contributed by atoms with Crippen LogP contribution in [0, 0.1) is 0 Å². The molecule has 1 N–H and O–H groups in total. The summed E-state index contributed by atoms with van der Waals surface area (Å²) < 4.78 is 21.4. The van der Waals surface area contributed by atoms with Gasteiger partial charge in [-0.15, -0.1) is 0 Å². The van der Waals surface area contributed by atoms with Gasteiger partial charge in [-0.1, -0.05) is 13.0 Å². The fourth-order valence-corrected chi connectivity index (χ4v) is 2.37. The second-order valence-corrected chi connectivity index (χ2v) is 5.65. The summed E-state index contributed by atoms with van der Waals surface area (Å²) in [7, 11) is 4.70. The highest BCUT2D eigenvalue weighted by Crippen LogP contribution is 2.30. The predicted octanol–water partition coefficient (Wildman–Crippen LogP) is 4.15. The van der Waals surface area contributed by atoms with Crippen LogP contribution in [0.25, 0.3) is 6.08 Å². The molecule has 0 aliphatic heterocycles. The van der Waals surface area contributed by atoms with E-state index in [4.69, 9.17) is 18.9 Å². The molecular weight excluding hydrogens is 346 g/mol. The molecule has 0 spiro atoms. The summed E-state index contributed by atoms with van der Waals surface area (Å²) in [5.41, 5.74) is 1.39. The van der Waals surface area contributed by atoms with Crippen molar-refractivity contribution in [3.8, 4) is 23.0 Å². The Labute approximate surface area is 159 Å². The molecule has 0 radical (unpaired) electrons. The first-order valence-electron chi connectivity index (χ1n) is 8.63. The third kappa shape index (κ3) is 5.67. The number of amides is 1. The van der Waals surface area contributed by atoms with E-state index in [-0.39, 0.29) is 5.91 Å². The highest BCUT2D eigenvalue weighted by Gasteiger charge is 2.08. The Hall–Kier alpha value is -3.15. The van der Waals surface area contributed by atoms with Crippen LogP contribution in [-0.4, -0.2) is 33.8 Å². The van der Waals surface area contributed by atoms with Crippen molar-refractivity contribution < 1.29 is 23.7 Å². The van der Waals surface area contributed by atoms with E-state index < -0.39 is 0 Å². The second-order valence-electron chi connectivity index (χ2n) is 5.65. The Morgan fingerprint density at radius 1 is 0.963 bits per heavy atom. The first-order chi connectivity index (χ1) is 13.1. The monoisotopic (exact) mass is 371 g/mol. The van der Waals surface area contributed by atoms with Crippen LogP contribution in [0.1, 0.15) is 18.9 Å². The maximum atomic E-state index is 12.2. The van der Waals surface area contributed by atoms with Crippen molar-refractivity contribution in [3.63, 3.8) is 0 Å². The van der Waals surface area contributed by atoms with Crippen molar-refractivity contribution in [1.29, 1.82) is 0 Å². The molecule has 0 aliphatic rings. The Morgan fingerprint density at radius 3 is 2.41 bits per heavy atom. The molecular formula is C21H25NO5. The molecule has 0 unspecified atom stereocenters. The van der Waals surface area contributed by atoms with Gasteiger partial charge in [-0.3, -0.25) is 4.79 Å². The van der Waals surface area contributed by atoms with E-state index >= 15 is 0 Å². The Bertz CT molecular complexity index is 801. The summed E-state index contributed by atoms with van der Waals surface area (Å²) >= 11 is 0. The van der Waals surface area contributed by atoms with E-state index in [2.05, 4.69) is 5.32 Å². The van der Waals surface area contributed by atoms with E-state index in [1.807, 2.05) is 25.1 Å². The number of methoxy groups -OCH3 is 3. The number of hydrogen-bond acceptors (Lipinski definition) is 5. The average molecular weight is 371 g/mol. The van der Waals surface area contributed by atoms with Crippen LogP contribution in [0.3, 0.4) is 0 Å². The van der Waals surface area contributed by atoms with E-state index in [1.54, 1.807) is 38.5 Å². The lowest BCUT2D eigenvalue weighted by Crippen LogP contribution is -2.09. The Morgan fingerprint density at radius 2 is 1.74 bits per heavy atom. The summed E-state index contributed by atoms with van der Waals surface area (Å²) in [6.07, 6.45) is 4.07. The van der Waals surface area contributed by atoms with Crippen molar-refractivity contribution in [2.45, 2.75) is 13.3 Å². The first-order valence-corrected chi connectivity index (χ1v) is 8.63. The van der Waals surface area contributed by atoms with Crippen molar-refractivity contribution in [1.82, 2.24) is 0 Å². The minimum atomic E-state index is -0.274. The summed E-state index contributed by atoms with van der Waals surface area (Å²) in [6.45, 7) is 2.66. The minimum Gasteiger partial charge on any atom is -0.497 e. The van der Waals surface area contributed by atoms with Crippen LogP contribution in [0.15, 0.2) is 42.5 Å². The molecule has 2 rings (SSSR count). The van der Waals surface area contributed by atoms with Gasteiger partial charge < -0.3 is 24.3 Å². The highest BCUT2D eigenvalue weighted by atomic mass is 16.5. The molecule has 0 aliphatic carbocycles. The molecule has 0 saturated carbocycles. The van der Waals surface area contributed by atoms with Gasteiger partial charge in [0, 0.05) is 12.1 Å². The topological polar surface area (TPSA) is 66.0 Å². The van der Waals surface area contributed by atoms with E-state index in [9.17, 15) is 4.79 Å². The smallest absolute Gasteiger partial charge is 0.248 e. The van der Waals surface area contributed by atoms with Crippen LogP contribution >= 0.6 is 0 Å². The standard InChI is InChI=1S/C21H25NO5/c1-5-12-27-18-10-6-15(13-20(18)26-4)7-11-21(23)22-17-9-8-16(24-2)14-19(17)25-3/h6-11,13-14H,5,12H2,1-4H3,(H,22,23)/b11-7+. The van der Waals surface area contributed by atoms with E-state index in [0.29, 0.717) is 35.3 Å². The molecule has 0 fully saturated rings. The second kappa shape index (κ2) is 10.1. The number of benzene rings is 2. The number of rotatable bonds is 9. The SMILES string of the molecule is CCCOc1ccc(/C=C/C(=O)Nc2ccc(OC)cc2OC)cc1OC. The lowest BCUT2D eigenvalue weighted by molar-refractivity contribution is -0.111. The zero-order valence-electron chi connectivity index (χ0n) is 16.1. The van der Waals surface area contributed by atoms with Gasteiger partial charge in [0.05, 0.1) is 33.6 Å². The Kier molecular flexibility index (Phi) is 7.55. The summed E-state index contributed by atoms with van der Waals surface area (Å²) in [5.74, 6) is 2.21. The zero-order valence-corrected chi connectivity index (χ0v) is 16.1. The molecule has 27 heavy (non-hydrogen) atoms. The third-order valence-corrected chi connectivity index (χ3v) is 3.74. The summed E-state index contributed by atoms with van der Waals surface area (Å²) in [5, 5.41) is 2.79. The molecule has 6 heteroatoms. The minimum absolute atomic E-state index is 0.274.